The fourth-order valence-corrected chi connectivity index (χ4v) is 5.05. The van der Waals surface area contributed by atoms with Gasteiger partial charge in [0.1, 0.15) is 0 Å². The molecule has 1 fully saturated rings. The fraction of sp³-hybridized carbons (Fsp3) is 0.407. The molecule has 1 aliphatic carbocycles. The van der Waals surface area contributed by atoms with Crippen LogP contribution < -0.4 is 5.43 Å². The summed E-state index contributed by atoms with van der Waals surface area (Å²) in [7, 11) is 0. The minimum atomic E-state index is -0.157. The molecule has 1 aliphatic rings. The molecular weight excluding hydrogens is 442 g/mol. The first-order valence-electron chi connectivity index (χ1n) is 12.1. The van der Waals surface area contributed by atoms with Crippen LogP contribution in [0.15, 0.2) is 58.8 Å². The zero-order valence-electron chi connectivity index (χ0n) is 20.2. The molecule has 0 unspecified atom stereocenters. The first kappa shape index (κ1) is 24.2. The molecule has 2 aromatic carbocycles. The summed E-state index contributed by atoms with van der Waals surface area (Å²) < 4.78 is 2.25. The number of benzene rings is 2. The van der Waals surface area contributed by atoms with E-state index in [4.69, 9.17) is 0 Å². The highest BCUT2D eigenvalue weighted by atomic mass is 32.2. The van der Waals surface area contributed by atoms with Crippen LogP contribution in [0, 0.1) is 6.92 Å². The van der Waals surface area contributed by atoms with Crippen molar-refractivity contribution in [3.05, 3.63) is 65.2 Å². The molecule has 7 heteroatoms. The van der Waals surface area contributed by atoms with E-state index in [2.05, 4.69) is 82.5 Å². The molecular formula is C27H33N5OS. The summed E-state index contributed by atoms with van der Waals surface area (Å²) in [6.07, 6.45) is 7.63. The Hall–Kier alpha value is -2.93. The minimum absolute atomic E-state index is 0.157. The second-order valence-electron chi connectivity index (χ2n) is 9.24. The van der Waals surface area contributed by atoms with Crippen LogP contribution in [0.2, 0.25) is 0 Å². The third-order valence-electron chi connectivity index (χ3n) is 6.25. The minimum Gasteiger partial charge on any atom is -0.299 e. The van der Waals surface area contributed by atoms with Gasteiger partial charge in [0, 0.05) is 11.6 Å². The van der Waals surface area contributed by atoms with Crippen LogP contribution in [-0.2, 0) is 4.79 Å². The van der Waals surface area contributed by atoms with E-state index in [9.17, 15) is 4.79 Å². The predicted molar refractivity (Wildman–Crippen MR) is 139 cm³/mol. The zero-order valence-corrected chi connectivity index (χ0v) is 21.0. The first-order chi connectivity index (χ1) is 16.5. The average Bonchev–Trinajstić information content (AvgIpc) is 3.28. The van der Waals surface area contributed by atoms with Crippen molar-refractivity contribution in [3.8, 4) is 11.4 Å². The van der Waals surface area contributed by atoms with Crippen molar-refractivity contribution in [2.45, 2.75) is 70.0 Å². The number of amides is 1. The van der Waals surface area contributed by atoms with Crippen LogP contribution in [0.25, 0.3) is 11.4 Å². The largest absolute Gasteiger partial charge is 0.299 e. The highest BCUT2D eigenvalue weighted by Crippen LogP contribution is 2.35. The van der Waals surface area contributed by atoms with Crippen molar-refractivity contribution in [1.82, 2.24) is 20.2 Å². The lowest BCUT2D eigenvalue weighted by Gasteiger charge is -2.25. The van der Waals surface area contributed by atoms with Gasteiger partial charge in [-0.1, -0.05) is 99.0 Å². The molecule has 178 valence electrons. The van der Waals surface area contributed by atoms with Crippen LogP contribution in [-0.4, -0.2) is 32.6 Å². The summed E-state index contributed by atoms with van der Waals surface area (Å²) in [5.41, 5.74) is 7.15. The number of nitrogens with zero attached hydrogens (tertiary/aromatic N) is 4. The standard InChI is InChI=1S/C27H33N5OS/c1-19(2)22-15-11-21(12-16-22)17-28-29-25(33)18-34-27-31-30-26(23-13-9-20(3)10-14-23)32(27)24-7-5-4-6-8-24/h9-17,19,24H,4-8,18H2,1-3H3,(H,29,33). The molecule has 3 aromatic rings. The highest BCUT2D eigenvalue weighted by Gasteiger charge is 2.24. The van der Waals surface area contributed by atoms with Gasteiger partial charge in [0.25, 0.3) is 5.91 Å². The fourth-order valence-electron chi connectivity index (χ4n) is 4.25. The molecule has 1 amide bonds. The molecule has 0 radical (unpaired) electrons. The summed E-state index contributed by atoms with van der Waals surface area (Å²) in [5.74, 6) is 1.46. The number of thioether (sulfide) groups is 1. The molecule has 6 nitrogen and oxygen atoms in total. The second kappa shape index (κ2) is 11.5. The molecule has 0 atom stereocenters. The lowest BCUT2D eigenvalue weighted by atomic mass is 9.95. The SMILES string of the molecule is Cc1ccc(-c2nnc(SCC(=O)NN=Cc3ccc(C(C)C)cc3)n2C2CCCCC2)cc1. The van der Waals surface area contributed by atoms with Crippen molar-refractivity contribution in [3.63, 3.8) is 0 Å². The molecule has 0 saturated heterocycles. The van der Waals surface area contributed by atoms with Gasteiger partial charge in [-0.2, -0.15) is 5.10 Å². The number of aryl methyl sites for hydroxylation is 1. The van der Waals surface area contributed by atoms with E-state index >= 15 is 0 Å². The summed E-state index contributed by atoms with van der Waals surface area (Å²) >= 11 is 1.42. The number of carbonyl (C=O) groups is 1. The van der Waals surface area contributed by atoms with Crippen molar-refractivity contribution >= 4 is 23.9 Å². The summed E-state index contributed by atoms with van der Waals surface area (Å²) in [6, 6.07) is 17.0. The number of nitrogens with one attached hydrogen (secondary N) is 1. The molecule has 34 heavy (non-hydrogen) atoms. The number of aromatic nitrogens is 3. The predicted octanol–water partition coefficient (Wildman–Crippen LogP) is 6.12. The normalized spacial score (nSPS) is 14.7. The Balaban J connectivity index is 1.41. The Morgan fingerprint density at radius 1 is 1.09 bits per heavy atom. The molecule has 0 bridgehead atoms. The number of hydrogen-bond donors (Lipinski definition) is 1. The molecule has 4 rings (SSSR count). The lowest BCUT2D eigenvalue weighted by molar-refractivity contribution is -0.118. The van der Waals surface area contributed by atoms with Crippen molar-refractivity contribution in [2.75, 3.05) is 5.75 Å². The van der Waals surface area contributed by atoms with Gasteiger partial charge in [-0.05, 0) is 36.8 Å². The second-order valence-corrected chi connectivity index (χ2v) is 10.2. The van der Waals surface area contributed by atoms with Crippen LogP contribution >= 0.6 is 11.8 Å². The van der Waals surface area contributed by atoms with Gasteiger partial charge in [0.15, 0.2) is 11.0 Å². The quantitative estimate of drug-likeness (QED) is 0.242. The summed E-state index contributed by atoms with van der Waals surface area (Å²) in [6.45, 7) is 6.41. The molecule has 1 saturated carbocycles. The smallest absolute Gasteiger partial charge is 0.250 e. The molecule has 1 aromatic heterocycles. The van der Waals surface area contributed by atoms with E-state index in [1.807, 2.05) is 12.1 Å². The average molecular weight is 476 g/mol. The van der Waals surface area contributed by atoms with Gasteiger partial charge >= 0.3 is 0 Å². The summed E-state index contributed by atoms with van der Waals surface area (Å²) in [5, 5.41) is 13.9. The Morgan fingerprint density at radius 3 is 2.47 bits per heavy atom. The first-order valence-corrected chi connectivity index (χ1v) is 13.1. The molecule has 0 aliphatic heterocycles. The maximum absolute atomic E-state index is 12.4. The van der Waals surface area contributed by atoms with E-state index in [1.54, 1.807) is 6.21 Å². The van der Waals surface area contributed by atoms with Gasteiger partial charge < -0.3 is 0 Å². The van der Waals surface area contributed by atoms with Crippen molar-refractivity contribution in [1.29, 1.82) is 0 Å². The topological polar surface area (TPSA) is 72.2 Å². The highest BCUT2D eigenvalue weighted by molar-refractivity contribution is 7.99. The van der Waals surface area contributed by atoms with E-state index < -0.39 is 0 Å². The Morgan fingerprint density at radius 2 is 1.79 bits per heavy atom. The molecule has 1 N–H and O–H groups in total. The van der Waals surface area contributed by atoms with E-state index in [1.165, 1.54) is 42.2 Å². The van der Waals surface area contributed by atoms with Gasteiger partial charge in [0.2, 0.25) is 0 Å². The van der Waals surface area contributed by atoms with Crippen molar-refractivity contribution < 1.29 is 4.79 Å². The van der Waals surface area contributed by atoms with Gasteiger partial charge in [0.05, 0.1) is 12.0 Å². The van der Waals surface area contributed by atoms with Gasteiger partial charge in [-0.15, -0.1) is 10.2 Å². The maximum atomic E-state index is 12.4. The maximum Gasteiger partial charge on any atom is 0.250 e. The molecule has 0 spiro atoms. The third kappa shape index (κ3) is 6.14. The zero-order chi connectivity index (χ0) is 23.9. The van der Waals surface area contributed by atoms with Gasteiger partial charge in [-0.25, -0.2) is 5.43 Å². The number of rotatable bonds is 8. The number of carbonyl (C=O) groups excluding carboxylic acids is 1. The van der Waals surface area contributed by atoms with Gasteiger partial charge in [-0.3, -0.25) is 9.36 Å². The number of hydrazone groups is 1. The van der Waals surface area contributed by atoms with Crippen LogP contribution in [0.1, 0.15) is 74.6 Å². The third-order valence-corrected chi connectivity index (χ3v) is 7.20. The summed E-state index contributed by atoms with van der Waals surface area (Å²) in [4.78, 5) is 12.4. The lowest BCUT2D eigenvalue weighted by Crippen LogP contribution is -2.20. The Labute approximate surface area is 206 Å². The van der Waals surface area contributed by atoms with E-state index in [0.717, 1.165) is 34.9 Å². The van der Waals surface area contributed by atoms with E-state index in [0.29, 0.717) is 12.0 Å². The van der Waals surface area contributed by atoms with Crippen LogP contribution in [0.5, 0.6) is 0 Å². The Kier molecular flexibility index (Phi) is 8.16. The number of hydrogen-bond acceptors (Lipinski definition) is 5. The van der Waals surface area contributed by atoms with Crippen molar-refractivity contribution in [2.24, 2.45) is 5.10 Å². The van der Waals surface area contributed by atoms with Crippen LogP contribution in [0.4, 0.5) is 0 Å². The Bertz CT molecular complexity index is 1110. The van der Waals surface area contributed by atoms with E-state index in [-0.39, 0.29) is 11.7 Å². The molecule has 1 heterocycles. The monoisotopic (exact) mass is 475 g/mol. The van der Waals surface area contributed by atoms with Crippen LogP contribution in [0.3, 0.4) is 0 Å².